The lowest BCUT2D eigenvalue weighted by Crippen LogP contribution is -2.51. The van der Waals surface area contributed by atoms with E-state index in [2.05, 4.69) is 17.1 Å². The van der Waals surface area contributed by atoms with E-state index in [0.29, 0.717) is 18.8 Å². The van der Waals surface area contributed by atoms with Crippen LogP contribution in [0.5, 0.6) is 5.75 Å². The highest BCUT2D eigenvalue weighted by Gasteiger charge is 2.33. The van der Waals surface area contributed by atoms with E-state index in [1.807, 2.05) is 27.7 Å². The van der Waals surface area contributed by atoms with Gasteiger partial charge in [0.2, 0.25) is 0 Å². The first-order valence-electron chi connectivity index (χ1n) is 12.7. The molecule has 1 saturated carbocycles. The van der Waals surface area contributed by atoms with E-state index in [4.69, 9.17) is 9.47 Å². The number of fused-ring (bicyclic) bond motifs is 1. The molecule has 2 aliphatic rings. The van der Waals surface area contributed by atoms with Crippen molar-refractivity contribution >= 4 is 23.3 Å². The molecule has 1 saturated heterocycles. The number of piperidine rings is 1. The summed E-state index contributed by atoms with van der Waals surface area (Å²) in [6, 6.07) is 1.52. The number of aromatic hydroxyl groups is 1. The summed E-state index contributed by atoms with van der Waals surface area (Å²) in [5.74, 6) is -0.187. The van der Waals surface area contributed by atoms with Crippen LogP contribution in [0, 0.1) is 12.8 Å². The number of aryl methyl sites for hydroxylation is 1. The first-order valence-corrected chi connectivity index (χ1v) is 12.7. The summed E-state index contributed by atoms with van der Waals surface area (Å²) in [5.41, 5.74) is 1.94. The number of ether oxygens (including phenoxy) is 2. The van der Waals surface area contributed by atoms with Crippen LogP contribution in [0.2, 0.25) is 0 Å². The van der Waals surface area contributed by atoms with Gasteiger partial charge in [0.05, 0.1) is 24.0 Å². The van der Waals surface area contributed by atoms with E-state index >= 15 is 0 Å². The van der Waals surface area contributed by atoms with Gasteiger partial charge in [0, 0.05) is 24.7 Å². The molecule has 3 heterocycles. The number of nitrogens with zero attached hydrogens (tertiary/aromatic N) is 2. The number of pyridine rings is 2. The number of hydrogen-bond acceptors (Lipinski definition) is 7. The topological polar surface area (TPSA) is 110 Å². The van der Waals surface area contributed by atoms with Gasteiger partial charge in [0.1, 0.15) is 11.2 Å². The summed E-state index contributed by atoms with van der Waals surface area (Å²) >= 11 is 0. The molecule has 1 amide bonds. The van der Waals surface area contributed by atoms with Crippen molar-refractivity contribution in [3.05, 3.63) is 39.3 Å². The number of amides is 1. The SMILES string of the molecule is CCOC(=O)c1cc(C2CC2)c2c(C)c(N3C[C@@H](C)C[C@H](NC(=O)OC(C)(C)C)C3)c(O)cn2c1=O. The number of esters is 1. The number of hydrogen-bond donors (Lipinski definition) is 2. The van der Waals surface area contributed by atoms with Crippen molar-refractivity contribution in [3.8, 4) is 5.75 Å². The second-order valence-electron chi connectivity index (χ2n) is 11.1. The van der Waals surface area contributed by atoms with Gasteiger partial charge in [0.15, 0.2) is 5.75 Å². The monoisotopic (exact) mass is 499 g/mol. The molecule has 0 bridgehead atoms. The minimum atomic E-state index is -0.652. The molecule has 1 aliphatic carbocycles. The molecular formula is C27H37N3O6. The molecular weight excluding hydrogens is 462 g/mol. The number of nitrogens with one attached hydrogen (secondary N) is 1. The van der Waals surface area contributed by atoms with E-state index in [1.165, 1.54) is 10.6 Å². The molecule has 36 heavy (non-hydrogen) atoms. The molecule has 4 rings (SSSR count). The third-order valence-corrected chi connectivity index (χ3v) is 6.68. The Bertz CT molecular complexity index is 1240. The molecule has 0 spiro atoms. The van der Waals surface area contributed by atoms with Crippen LogP contribution in [0.4, 0.5) is 10.5 Å². The average molecular weight is 500 g/mol. The second-order valence-corrected chi connectivity index (χ2v) is 11.1. The normalized spacial score (nSPS) is 20.3. The number of carbonyl (C=O) groups excluding carboxylic acids is 2. The van der Waals surface area contributed by atoms with Gasteiger partial charge in [-0.3, -0.25) is 9.20 Å². The Balaban J connectivity index is 1.74. The smallest absolute Gasteiger partial charge is 0.407 e. The number of carbonyl (C=O) groups is 2. The molecule has 2 fully saturated rings. The van der Waals surface area contributed by atoms with Gasteiger partial charge in [-0.1, -0.05) is 6.92 Å². The lowest BCUT2D eigenvalue weighted by Gasteiger charge is -2.39. The number of aromatic nitrogens is 1. The lowest BCUT2D eigenvalue weighted by molar-refractivity contribution is 0.0491. The fourth-order valence-electron chi connectivity index (χ4n) is 5.24. The van der Waals surface area contributed by atoms with Gasteiger partial charge >= 0.3 is 12.1 Å². The van der Waals surface area contributed by atoms with Crippen LogP contribution in [-0.4, -0.2) is 52.9 Å². The van der Waals surface area contributed by atoms with Gasteiger partial charge in [0.25, 0.3) is 5.56 Å². The predicted molar refractivity (Wildman–Crippen MR) is 137 cm³/mol. The zero-order valence-electron chi connectivity index (χ0n) is 22.0. The molecule has 2 aromatic heterocycles. The fraction of sp³-hybridized carbons (Fsp3) is 0.593. The third-order valence-electron chi connectivity index (χ3n) is 6.68. The molecule has 2 atom stereocenters. The largest absolute Gasteiger partial charge is 0.504 e. The molecule has 1 aliphatic heterocycles. The Hall–Kier alpha value is -3.23. The Labute approximate surface area is 211 Å². The summed E-state index contributed by atoms with van der Waals surface area (Å²) in [4.78, 5) is 40.2. The van der Waals surface area contributed by atoms with Crippen molar-refractivity contribution in [2.24, 2.45) is 5.92 Å². The summed E-state index contributed by atoms with van der Waals surface area (Å²) in [5, 5.41) is 14.1. The van der Waals surface area contributed by atoms with Gasteiger partial charge in [-0.25, -0.2) is 9.59 Å². The predicted octanol–water partition coefficient (Wildman–Crippen LogP) is 4.11. The maximum atomic E-state index is 13.2. The van der Waals surface area contributed by atoms with Crippen molar-refractivity contribution in [3.63, 3.8) is 0 Å². The molecule has 196 valence electrons. The molecule has 0 unspecified atom stereocenters. The van der Waals surface area contributed by atoms with Crippen LogP contribution in [0.3, 0.4) is 0 Å². The molecule has 2 aromatic rings. The van der Waals surface area contributed by atoms with Crippen molar-refractivity contribution in [2.45, 2.75) is 78.4 Å². The van der Waals surface area contributed by atoms with E-state index in [-0.39, 0.29) is 35.8 Å². The number of rotatable bonds is 5. The van der Waals surface area contributed by atoms with Crippen LogP contribution < -0.4 is 15.8 Å². The van der Waals surface area contributed by atoms with E-state index in [0.717, 1.165) is 35.9 Å². The quantitative estimate of drug-likeness (QED) is 0.596. The Morgan fingerprint density at radius 2 is 1.92 bits per heavy atom. The van der Waals surface area contributed by atoms with Crippen molar-refractivity contribution < 1.29 is 24.2 Å². The fourth-order valence-corrected chi connectivity index (χ4v) is 5.24. The van der Waals surface area contributed by atoms with Gasteiger partial charge in [-0.05, 0) is 77.3 Å². The maximum Gasteiger partial charge on any atom is 0.407 e. The third kappa shape index (κ3) is 5.29. The highest BCUT2D eigenvalue weighted by Crippen LogP contribution is 2.45. The van der Waals surface area contributed by atoms with E-state index in [1.54, 1.807) is 13.0 Å². The van der Waals surface area contributed by atoms with Crippen molar-refractivity contribution in [1.82, 2.24) is 9.72 Å². The number of alkyl carbamates (subject to hydrolysis) is 1. The second kappa shape index (κ2) is 9.67. The highest BCUT2D eigenvalue weighted by atomic mass is 16.6. The molecule has 0 radical (unpaired) electrons. The van der Waals surface area contributed by atoms with Crippen LogP contribution in [0.15, 0.2) is 17.1 Å². The van der Waals surface area contributed by atoms with Gasteiger partial charge < -0.3 is 24.8 Å². The summed E-state index contributed by atoms with van der Waals surface area (Å²) in [7, 11) is 0. The molecule has 2 N–H and O–H groups in total. The standard InChI is InChI=1S/C27H37N3O6/c1-7-35-25(33)20-11-19(17-8-9-17)22-16(3)23(21(31)14-30(22)24(20)32)29-12-15(2)10-18(13-29)28-26(34)36-27(4,5)6/h11,14-15,17-18,31H,7-10,12-13H2,1-6H3,(H,28,34)/t15-,18-/m0/s1. The Morgan fingerprint density at radius 3 is 2.53 bits per heavy atom. The first-order chi connectivity index (χ1) is 16.9. The van der Waals surface area contributed by atoms with Crippen LogP contribution in [0.25, 0.3) is 5.52 Å². The summed E-state index contributed by atoms with van der Waals surface area (Å²) in [6.07, 6.45) is 3.70. The molecule has 9 nitrogen and oxygen atoms in total. The van der Waals surface area contributed by atoms with Crippen LogP contribution in [-0.2, 0) is 9.47 Å². The Morgan fingerprint density at radius 1 is 1.22 bits per heavy atom. The minimum Gasteiger partial charge on any atom is -0.504 e. The van der Waals surface area contributed by atoms with E-state index < -0.39 is 23.2 Å². The molecule has 9 heteroatoms. The van der Waals surface area contributed by atoms with Crippen LogP contribution >= 0.6 is 0 Å². The maximum absolute atomic E-state index is 13.2. The molecule has 0 aromatic carbocycles. The summed E-state index contributed by atoms with van der Waals surface area (Å²) in [6.45, 7) is 12.5. The number of anilines is 1. The Kier molecular flexibility index (Phi) is 6.94. The van der Waals surface area contributed by atoms with Gasteiger partial charge in [-0.15, -0.1) is 0 Å². The van der Waals surface area contributed by atoms with Crippen molar-refractivity contribution in [1.29, 1.82) is 0 Å². The van der Waals surface area contributed by atoms with Crippen molar-refractivity contribution in [2.75, 3.05) is 24.6 Å². The zero-order valence-corrected chi connectivity index (χ0v) is 22.0. The van der Waals surface area contributed by atoms with Gasteiger partial charge in [-0.2, -0.15) is 0 Å². The van der Waals surface area contributed by atoms with E-state index in [9.17, 15) is 19.5 Å². The summed E-state index contributed by atoms with van der Waals surface area (Å²) < 4.78 is 11.9. The zero-order chi connectivity index (χ0) is 26.4. The van der Waals surface area contributed by atoms with Crippen LogP contribution in [0.1, 0.15) is 81.3 Å². The highest BCUT2D eigenvalue weighted by molar-refractivity contribution is 5.91. The lowest BCUT2D eigenvalue weighted by atomic mass is 9.94. The minimum absolute atomic E-state index is 0.0176. The first kappa shape index (κ1) is 25.9. The average Bonchev–Trinajstić information content (AvgIpc) is 3.58.